The summed E-state index contributed by atoms with van der Waals surface area (Å²) in [5, 5.41) is 10.1. The average molecular weight is 254 g/mol. The zero-order valence-electron chi connectivity index (χ0n) is 11.7. The molecule has 0 saturated carbocycles. The van der Waals surface area contributed by atoms with E-state index in [1.807, 2.05) is 13.8 Å². The molecule has 1 aromatic heterocycles. The highest BCUT2D eigenvalue weighted by atomic mass is 16.5. The van der Waals surface area contributed by atoms with Gasteiger partial charge in [-0.2, -0.15) is 0 Å². The molecule has 0 aliphatic carbocycles. The van der Waals surface area contributed by atoms with Gasteiger partial charge in [-0.1, -0.05) is 13.8 Å². The Kier molecular flexibility index (Phi) is 4.57. The molecule has 0 aromatic carbocycles. The normalized spacial score (nSPS) is 16.1. The first kappa shape index (κ1) is 14.8. The van der Waals surface area contributed by atoms with Gasteiger partial charge in [0, 0.05) is 12.0 Å². The summed E-state index contributed by atoms with van der Waals surface area (Å²) in [6, 6.07) is 1.73. The second-order valence-electron chi connectivity index (χ2n) is 5.09. The van der Waals surface area contributed by atoms with Gasteiger partial charge >= 0.3 is 5.63 Å². The minimum atomic E-state index is -0.754. The first-order chi connectivity index (χ1) is 8.30. The fourth-order valence-electron chi connectivity index (χ4n) is 1.91. The van der Waals surface area contributed by atoms with Crippen molar-refractivity contribution in [2.45, 2.75) is 52.1 Å². The molecule has 1 heterocycles. The molecule has 0 radical (unpaired) electrons. The Morgan fingerprint density at radius 1 is 1.56 bits per heavy atom. The molecule has 0 aliphatic rings. The Balaban J connectivity index is 3.03. The molecule has 0 amide bonds. The van der Waals surface area contributed by atoms with Crippen molar-refractivity contribution in [2.75, 3.05) is 7.11 Å². The molecule has 0 spiro atoms. The zero-order valence-corrected chi connectivity index (χ0v) is 11.7. The molecule has 4 nitrogen and oxygen atoms in total. The molecular formula is C14H22O4. The number of hydrogen-bond acceptors (Lipinski definition) is 4. The van der Waals surface area contributed by atoms with E-state index in [1.54, 1.807) is 19.9 Å². The molecule has 1 aromatic rings. The van der Waals surface area contributed by atoms with E-state index in [0.29, 0.717) is 29.9 Å². The Morgan fingerprint density at radius 3 is 2.67 bits per heavy atom. The fourth-order valence-corrected chi connectivity index (χ4v) is 1.91. The van der Waals surface area contributed by atoms with Crippen LogP contribution in [-0.4, -0.2) is 17.8 Å². The van der Waals surface area contributed by atoms with E-state index < -0.39 is 5.60 Å². The van der Waals surface area contributed by atoms with Crippen LogP contribution in [0.1, 0.15) is 50.9 Å². The van der Waals surface area contributed by atoms with Crippen molar-refractivity contribution >= 4 is 0 Å². The third-order valence-electron chi connectivity index (χ3n) is 3.37. The zero-order chi connectivity index (χ0) is 13.9. The summed E-state index contributed by atoms with van der Waals surface area (Å²) in [6.45, 7) is 7.31. The van der Waals surface area contributed by atoms with Gasteiger partial charge in [0.1, 0.15) is 11.5 Å². The highest BCUT2D eigenvalue weighted by Gasteiger charge is 2.24. The lowest BCUT2D eigenvalue weighted by Crippen LogP contribution is -2.25. The maximum Gasteiger partial charge on any atom is 0.342 e. The second-order valence-corrected chi connectivity index (χ2v) is 5.09. The van der Waals surface area contributed by atoms with Gasteiger partial charge < -0.3 is 14.3 Å². The summed E-state index contributed by atoms with van der Waals surface area (Å²) in [7, 11) is 1.53. The van der Waals surface area contributed by atoms with Crippen molar-refractivity contribution in [2.24, 2.45) is 0 Å². The topological polar surface area (TPSA) is 59.7 Å². The lowest BCUT2D eigenvalue weighted by atomic mass is 9.89. The highest BCUT2D eigenvalue weighted by molar-refractivity contribution is 5.31. The molecule has 1 N–H and O–H groups in total. The van der Waals surface area contributed by atoms with Crippen LogP contribution in [-0.2, 0) is 0 Å². The summed E-state index contributed by atoms with van der Waals surface area (Å²) >= 11 is 0. The van der Waals surface area contributed by atoms with Crippen LogP contribution >= 0.6 is 0 Å². The minimum Gasteiger partial charge on any atom is -0.496 e. The lowest BCUT2D eigenvalue weighted by molar-refractivity contribution is 0.0388. The van der Waals surface area contributed by atoms with Gasteiger partial charge in [0.05, 0.1) is 18.3 Å². The third kappa shape index (κ3) is 3.35. The smallest absolute Gasteiger partial charge is 0.342 e. The van der Waals surface area contributed by atoms with Gasteiger partial charge in [0.25, 0.3) is 0 Å². The van der Waals surface area contributed by atoms with Gasteiger partial charge in [0.2, 0.25) is 0 Å². The molecule has 1 rings (SSSR count). The summed E-state index contributed by atoms with van der Waals surface area (Å²) < 4.78 is 10.4. The summed E-state index contributed by atoms with van der Waals surface area (Å²) in [5.41, 5.74) is -0.668. The second kappa shape index (κ2) is 5.57. The van der Waals surface area contributed by atoms with Crippen LogP contribution in [0.15, 0.2) is 15.3 Å². The van der Waals surface area contributed by atoms with Crippen molar-refractivity contribution in [3.63, 3.8) is 0 Å². The van der Waals surface area contributed by atoms with E-state index in [0.717, 1.165) is 0 Å². The summed E-state index contributed by atoms with van der Waals surface area (Å²) in [4.78, 5) is 11.6. The van der Waals surface area contributed by atoms with Crippen LogP contribution in [0, 0.1) is 6.92 Å². The molecule has 2 unspecified atom stereocenters. The predicted molar refractivity (Wildman–Crippen MR) is 70.2 cm³/mol. The number of rotatable bonds is 5. The van der Waals surface area contributed by atoms with Gasteiger partial charge in [-0.05, 0) is 26.7 Å². The quantitative estimate of drug-likeness (QED) is 0.877. The van der Waals surface area contributed by atoms with Crippen LogP contribution in [0.5, 0.6) is 5.75 Å². The summed E-state index contributed by atoms with van der Waals surface area (Å²) in [5.74, 6) is 1.04. The van der Waals surface area contributed by atoms with Crippen molar-refractivity contribution in [1.29, 1.82) is 0 Å². The van der Waals surface area contributed by atoms with E-state index in [4.69, 9.17) is 9.15 Å². The number of methoxy groups -OCH3 is 1. The fraction of sp³-hybridized carbons (Fsp3) is 0.643. The number of hydrogen-bond donors (Lipinski definition) is 1. The van der Waals surface area contributed by atoms with Crippen LogP contribution in [0.25, 0.3) is 0 Å². The van der Waals surface area contributed by atoms with E-state index >= 15 is 0 Å². The number of aliphatic hydroxyl groups is 1. The molecule has 102 valence electrons. The van der Waals surface area contributed by atoms with E-state index in [2.05, 4.69) is 0 Å². The molecule has 0 aliphatic heterocycles. The summed E-state index contributed by atoms with van der Waals surface area (Å²) in [6.07, 6.45) is 1.20. The Hall–Kier alpha value is -1.29. The van der Waals surface area contributed by atoms with Crippen LogP contribution < -0.4 is 10.4 Å². The van der Waals surface area contributed by atoms with Crippen LogP contribution in [0.4, 0.5) is 0 Å². The lowest BCUT2D eigenvalue weighted by Gasteiger charge is -2.24. The van der Waals surface area contributed by atoms with E-state index in [-0.39, 0.29) is 11.5 Å². The molecule has 4 heteroatoms. The molecule has 0 bridgehead atoms. The first-order valence-electron chi connectivity index (χ1n) is 6.21. The van der Waals surface area contributed by atoms with Gasteiger partial charge in [-0.3, -0.25) is 0 Å². The monoisotopic (exact) mass is 254 g/mol. The van der Waals surface area contributed by atoms with Crippen molar-refractivity contribution in [3.05, 3.63) is 27.8 Å². The molecule has 2 atom stereocenters. The van der Waals surface area contributed by atoms with Crippen molar-refractivity contribution in [1.82, 2.24) is 0 Å². The molecule has 18 heavy (non-hydrogen) atoms. The highest BCUT2D eigenvalue weighted by Crippen LogP contribution is 2.29. The van der Waals surface area contributed by atoms with E-state index in [9.17, 15) is 9.90 Å². The maximum atomic E-state index is 11.6. The number of ether oxygens (including phenoxy) is 1. The van der Waals surface area contributed by atoms with E-state index in [1.165, 1.54) is 7.11 Å². The van der Waals surface area contributed by atoms with Gasteiger partial charge in [-0.25, -0.2) is 4.79 Å². The SMILES string of the molecule is CCC(C)(O)CC(C)c1cc(OC)c(C)c(=O)o1. The first-order valence-corrected chi connectivity index (χ1v) is 6.21. The van der Waals surface area contributed by atoms with Crippen LogP contribution in [0.2, 0.25) is 0 Å². The maximum absolute atomic E-state index is 11.6. The van der Waals surface area contributed by atoms with Gasteiger partial charge in [-0.15, -0.1) is 0 Å². The third-order valence-corrected chi connectivity index (χ3v) is 3.37. The molecule has 0 fully saturated rings. The van der Waals surface area contributed by atoms with Crippen molar-refractivity contribution < 1.29 is 14.3 Å². The Morgan fingerprint density at radius 2 is 2.17 bits per heavy atom. The standard InChI is InChI=1S/C14H22O4/c1-6-14(4,16)8-9(2)11-7-12(17-5)10(3)13(15)18-11/h7,9,16H,6,8H2,1-5H3. The molecule has 0 saturated heterocycles. The minimum absolute atomic E-state index is 0.0397. The Bertz CT molecular complexity index is 459. The van der Waals surface area contributed by atoms with Crippen LogP contribution in [0.3, 0.4) is 0 Å². The Labute approximate surface area is 108 Å². The van der Waals surface area contributed by atoms with Crippen molar-refractivity contribution in [3.8, 4) is 5.75 Å². The largest absolute Gasteiger partial charge is 0.496 e. The molecular weight excluding hydrogens is 232 g/mol. The average Bonchev–Trinajstić information content (AvgIpc) is 2.31. The predicted octanol–water partition coefficient (Wildman–Crippen LogP) is 2.61. The van der Waals surface area contributed by atoms with Gasteiger partial charge in [0.15, 0.2) is 0 Å².